The summed E-state index contributed by atoms with van der Waals surface area (Å²) in [6.07, 6.45) is 3.85. The maximum absolute atomic E-state index is 14.3. The van der Waals surface area contributed by atoms with Crippen molar-refractivity contribution in [3.63, 3.8) is 0 Å². The molecule has 0 radical (unpaired) electrons. The van der Waals surface area contributed by atoms with E-state index in [9.17, 15) is 14.4 Å². The summed E-state index contributed by atoms with van der Waals surface area (Å²) in [5, 5.41) is 0.772. The van der Waals surface area contributed by atoms with E-state index in [0.29, 0.717) is 26.7 Å². The van der Waals surface area contributed by atoms with Crippen molar-refractivity contribution in [2.75, 3.05) is 4.90 Å². The first-order chi connectivity index (χ1) is 16.8. The van der Waals surface area contributed by atoms with Crippen LogP contribution in [0.25, 0.3) is 6.08 Å². The molecule has 3 aromatic rings. The predicted octanol–water partition coefficient (Wildman–Crippen LogP) is 6.32. The van der Waals surface area contributed by atoms with Gasteiger partial charge < -0.3 is 4.90 Å². The van der Waals surface area contributed by atoms with Gasteiger partial charge in [-0.1, -0.05) is 77.8 Å². The van der Waals surface area contributed by atoms with Crippen molar-refractivity contribution in [1.29, 1.82) is 0 Å². The van der Waals surface area contributed by atoms with E-state index < -0.39 is 23.4 Å². The molecule has 0 amide bonds. The van der Waals surface area contributed by atoms with Gasteiger partial charge in [0.2, 0.25) is 0 Å². The third-order valence-corrected chi connectivity index (χ3v) is 8.24. The monoisotopic (exact) mass is 501 g/mol. The Morgan fingerprint density at radius 2 is 1.63 bits per heavy atom. The van der Waals surface area contributed by atoms with Crippen molar-refractivity contribution in [3.05, 3.63) is 105 Å². The molecule has 1 saturated heterocycles. The molecule has 6 rings (SSSR count). The molecule has 3 atom stereocenters. The number of hydrogen-bond donors (Lipinski definition) is 0. The Hall–Kier alpha value is -3.21. The zero-order chi connectivity index (χ0) is 24.6. The molecule has 0 saturated carbocycles. The fourth-order valence-electron chi connectivity index (χ4n) is 6.32. The van der Waals surface area contributed by atoms with Crippen LogP contribution in [0.2, 0.25) is 10.0 Å². The van der Waals surface area contributed by atoms with Crippen LogP contribution in [0.5, 0.6) is 0 Å². The van der Waals surface area contributed by atoms with Crippen LogP contribution in [0.4, 0.5) is 5.69 Å². The van der Waals surface area contributed by atoms with Crippen LogP contribution in [-0.2, 0) is 4.79 Å². The average molecular weight is 502 g/mol. The number of carbonyl (C=O) groups excluding carboxylic acids is 3. The van der Waals surface area contributed by atoms with Gasteiger partial charge in [-0.15, -0.1) is 0 Å². The Morgan fingerprint density at radius 1 is 0.943 bits per heavy atom. The van der Waals surface area contributed by atoms with Crippen molar-refractivity contribution in [2.45, 2.75) is 31.8 Å². The van der Waals surface area contributed by atoms with Crippen molar-refractivity contribution in [2.24, 2.45) is 5.41 Å². The predicted molar refractivity (Wildman–Crippen MR) is 138 cm³/mol. The van der Waals surface area contributed by atoms with Crippen LogP contribution in [-0.4, -0.2) is 29.4 Å². The minimum absolute atomic E-state index is 0.137. The van der Waals surface area contributed by atoms with Gasteiger partial charge in [-0.25, -0.2) is 0 Å². The molecule has 1 spiro atoms. The first-order valence-corrected chi connectivity index (χ1v) is 12.2. The molecule has 0 bridgehead atoms. The Labute approximate surface area is 213 Å². The van der Waals surface area contributed by atoms with Crippen molar-refractivity contribution >= 4 is 52.3 Å². The highest BCUT2D eigenvalue weighted by Gasteiger charge is 2.71. The van der Waals surface area contributed by atoms with Crippen LogP contribution in [0.15, 0.2) is 66.7 Å². The van der Waals surface area contributed by atoms with Gasteiger partial charge in [0.05, 0.1) is 12.1 Å². The number of anilines is 1. The number of hydrogen-bond acceptors (Lipinski definition) is 4. The molecule has 6 heteroatoms. The second-order valence-electron chi connectivity index (χ2n) is 9.55. The quantitative estimate of drug-likeness (QED) is 0.385. The first-order valence-electron chi connectivity index (χ1n) is 11.5. The van der Waals surface area contributed by atoms with E-state index in [-0.39, 0.29) is 17.3 Å². The summed E-state index contributed by atoms with van der Waals surface area (Å²) in [5.41, 5.74) is 2.61. The standard InChI is InChI=1S/C29H21Cl2NO3/c1-15-7-8-17-9-12-24-29(27(34)19-5-3-4-6-20(19)28(29)35)25(21-11-10-18(30)14-22(21)31)26(16(2)33)32(24)23(17)13-15/h3-14,24-26H,1-2H3/t24-,25+,26-/m0/s1. The number of fused-ring (bicyclic) bond motifs is 5. The van der Waals surface area contributed by atoms with Crippen molar-refractivity contribution in [3.8, 4) is 0 Å². The van der Waals surface area contributed by atoms with Gasteiger partial charge >= 0.3 is 0 Å². The fourth-order valence-corrected chi connectivity index (χ4v) is 6.85. The van der Waals surface area contributed by atoms with Gasteiger partial charge in [0.25, 0.3) is 0 Å². The smallest absolute Gasteiger partial charge is 0.180 e. The summed E-state index contributed by atoms with van der Waals surface area (Å²) in [5.74, 6) is -1.47. The highest BCUT2D eigenvalue weighted by Crippen LogP contribution is 2.61. The van der Waals surface area contributed by atoms with E-state index in [0.717, 1.165) is 16.8 Å². The average Bonchev–Trinajstić information content (AvgIpc) is 3.26. The second-order valence-corrected chi connectivity index (χ2v) is 10.4. The van der Waals surface area contributed by atoms with E-state index in [1.54, 1.807) is 42.5 Å². The highest BCUT2D eigenvalue weighted by atomic mass is 35.5. The lowest BCUT2D eigenvalue weighted by molar-refractivity contribution is -0.118. The maximum Gasteiger partial charge on any atom is 0.180 e. The Bertz CT molecular complexity index is 1460. The van der Waals surface area contributed by atoms with Gasteiger partial charge in [-0.3, -0.25) is 14.4 Å². The Balaban J connectivity index is 1.71. The highest BCUT2D eigenvalue weighted by molar-refractivity contribution is 6.36. The zero-order valence-corrected chi connectivity index (χ0v) is 20.6. The lowest BCUT2D eigenvalue weighted by atomic mass is 9.64. The topological polar surface area (TPSA) is 54.5 Å². The van der Waals surface area contributed by atoms with Gasteiger partial charge in [-0.2, -0.15) is 0 Å². The van der Waals surface area contributed by atoms with Gasteiger partial charge in [0.1, 0.15) is 5.41 Å². The van der Waals surface area contributed by atoms with Crippen LogP contribution < -0.4 is 4.90 Å². The van der Waals surface area contributed by atoms with Gasteiger partial charge in [-0.05, 0) is 48.7 Å². The van der Waals surface area contributed by atoms with E-state index in [1.165, 1.54) is 6.92 Å². The molecule has 0 unspecified atom stereocenters. The van der Waals surface area contributed by atoms with Gasteiger partial charge in [0, 0.05) is 32.8 Å². The lowest BCUT2D eigenvalue weighted by Crippen LogP contribution is -2.48. The largest absolute Gasteiger partial charge is 0.352 e. The number of Topliss-reactive ketones (excluding diaryl/α,β-unsaturated/α-hetero) is 3. The molecule has 3 aromatic carbocycles. The van der Waals surface area contributed by atoms with Crippen molar-refractivity contribution < 1.29 is 14.4 Å². The minimum Gasteiger partial charge on any atom is -0.352 e. The third kappa shape index (κ3) is 2.84. The molecular formula is C29H21Cl2NO3. The van der Waals surface area contributed by atoms with Gasteiger partial charge in [0.15, 0.2) is 17.3 Å². The molecule has 0 N–H and O–H groups in total. The molecule has 1 aliphatic carbocycles. The Morgan fingerprint density at radius 3 is 2.26 bits per heavy atom. The number of benzene rings is 3. The van der Waals surface area contributed by atoms with E-state index in [2.05, 4.69) is 0 Å². The number of rotatable bonds is 2. The molecular weight excluding hydrogens is 481 g/mol. The third-order valence-electron chi connectivity index (χ3n) is 7.68. The summed E-state index contributed by atoms with van der Waals surface area (Å²) < 4.78 is 0. The number of aryl methyl sites for hydroxylation is 1. The molecule has 0 aromatic heterocycles. The normalized spacial score (nSPS) is 23.4. The lowest BCUT2D eigenvalue weighted by Gasteiger charge is -2.37. The summed E-state index contributed by atoms with van der Waals surface area (Å²) in [4.78, 5) is 44.1. The summed E-state index contributed by atoms with van der Waals surface area (Å²) in [6.45, 7) is 3.50. The number of carbonyl (C=O) groups is 3. The van der Waals surface area contributed by atoms with Crippen LogP contribution in [0, 0.1) is 12.3 Å². The summed E-state index contributed by atoms with van der Waals surface area (Å²) >= 11 is 12.9. The maximum atomic E-state index is 14.3. The van der Waals surface area contributed by atoms with E-state index in [1.807, 2.05) is 42.2 Å². The fraction of sp³-hybridized carbons (Fsp3) is 0.207. The number of halogens is 2. The second kappa shape index (κ2) is 7.64. The minimum atomic E-state index is -1.53. The molecule has 174 valence electrons. The molecule has 2 heterocycles. The number of ketones is 3. The van der Waals surface area contributed by atoms with E-state index >= 15 is 0 Å². The van der Waals surface area contributed by atoms with Crippen LogP contribution >= 0.6 is 23.2 Å². The number of nitrogens with zero attached hydrogens (tertiary/aromatic N) is 1. The molecule has 4 nitrogen and oxygen atoms in total. The molecule has 3 aliphatic rings. The van der Waals surface area contributed by atoms with Crippen molar-refractivity contribution in [1.82, 2.24) is 0 Å². The van der Waals surface area contributed by atoms with Crippen LogP contribution in [0.3, 0.4) is 0 Å². The molecule has 1 fully saturated rings. The zero-order valence-electron chi connectivity index (χ0n) is 19.1. The van der Waals surface area contributed by atoms with Crippen LogP contribution in [0.1, 0.15) is 50.2 Å². The summed E-state index contributed by atoms with van der Waals surface area (Å²) in [7, 11) is 0. The molecule has 35 heavy (non-hydrogen) atoms. The Kier molecular flexibility index (Phi) is 4.86. The van der Waals surface area contributed by atoms with E-state index in [4.69, 9.17) is 23.2 Å². The SMILES string of the molecule is CC(=O)[C@H]1[C@@H](c2ccc(Cl)cc2Cl)C2(C(=O)c3ccccc3C2=O)[C@@H]2C=Cc3ccc(C)cc3N21. The molecule has 2 aliphatic heterocycles. The first kappa shape index (κ1) is 22.3. The summed E-state index contributed by atoms with van der Waals surface area (Å²) in [6, 6.07) is 16.6.